The van der Waals surface area contributed by atoms with Crippen LogP contribution >= 0.6 is 11.6 Å². The monoisotopic (exact) mass is 493 g/mol. The second-order valence-electron chi connectivity index (χ2n) is 8.44. The zero-order valence-corrected chi connectivity index (χ0v) is 19.6. The minimum atomic E-state index is -2.68. The Kier molecular flexibility index (Phi) is 4.84. The molecule has 0 aliphatic carbocycles. The smallest absolute Gasteiger partial charge is 0.254 e. The summed E-state index contributed by atoms with van der Waals surface area (Å²) in [4.78, 5) is 35.5. The molecule has 4 aromatic rings. The van der Waals surface area contributed by atoms with Crippen LogP contribution in [0.1, 0.15) is 27.0 Å². The van der Waals surface area contributed by atoms with Crippen molar-refractivity contribution < 1.29 is 23.2 Å². The topological polar surface area (TPSA) is 96.5 Å². The number of hydrogen-bond acceptors (Lipinski definition) is 6. The highest BCUT2D eigenvalue weighted by Crippen LogP contribution is 2.41. The Hall–Kier alpha value is -3.88. The number of carbonyl (C=O) groups excluding carboxylic acids is 2. The van der Waals surface area contributed by atoms with E-state index in [1.807, 2.05) is 18.2 Å². The van der Waals surface area contributed by atoms with Gasteiger partial charge in [-0.25, -0.2) is 4.98 Å². The van der Waals surface area contributed by atoms with Crippen molar-refractivity contribution in [3.63, 3.8) is 0 Å². The van der Waals surface area contributed by atoms with Crippen molar-refractivity contribution in [2.75, 3.05) is 30.9 Å². The lowest BCUT2D eigenvalue weighted by Crippen LogP contribution is -2.57. The zero-order valence-electron chi connectivity index (χ0n) is 21.9. The van der Waals surface area contributed by atoms with E-state index >= 15 is 0 Å². The number of rotatable bonds is 6. The van der Waals surface area contributed by atoms with Gasteiger partial charge in [0.15, 0.2) is 5.78 Å². The number of H-pyrrole nitrogens is 1. The lowest BCUT2D eigenvalue weighted by atomic mass is 9.95. The van der Waals surface area contributed by atoms with Gasteiger partial charge in [0.05, 0.1) is 44.3 Å². The van der Waals surface area contributed by atoms with Gasteiger partial charge in [0, 0.05) is 31.9 Å². The first-order valence-electron chi connectivity index (χ1n) is 12.2. The first-order valence-corrected chi connectivity index (χ1v) is 11.1. The average Bonchev–Trinajstić information content (AvgIpc) is 3.31. The van der Waals surface area contributed by atoms with Gasteiger partial charge in [-0.1, -0.05) is 29.8 Å². The number of nitrogens with zero attached hydrogens (tertiary/aromatic N) is 2. The Labute approximate surface area is 211 Å². The van der Waals surface area contributed by atoms with E-state index in [-0.39, 0.29) is 21.9 Å². The number of amides is 1. The molecule has 5 rings (SSSR count). The van der Waals surface area contributed by atoms with Gasteiger partial charge in [0.2, 0.25) is 0 Å². The molecule has 1 amide bonds. The summed E-state index contributed by atoms with van der Waals surface area (Å²) in [5, 5.41) is 3.76. The number of fused-ring (bicyclic) bond motifs is 3. The lowest BCUT2D eigenvalue weighted by molar-refractivity contribution is -0.124. The molecule has 2 aromatic carbocycles. The number of nitrogens with one attached hydrogen (secondary N) is 2. The summed E-state index contributed by atoms with van der Waals surface area (Å²) in [6, 6.07) is 14.0. The van der Waals surface area contributed by atoms with Crippen LogP contribution in [0.25, 0.3) is 11.0 Å². The average molecular weight is 494 g/mol. The van der Waals surface area contributed by atoms with Crippen molar-refractivity contribution in [3.8, 4) is 11.5 Å². The molecular formula is C26H23ClN4O4. The summed E-state index contributed by atoms with van der Waals surface area (Å²) in [6.45, 7) is 1.13. The van der Waals surface area contributed by atoms with Crippen LogP contribution in [0.4, 0.5) is 11.4 Å². The summed E-state index contributed by atoms with van der Waals surface area (Å²) in [5.41, 5.74) is 0.396. The Morgan fingerprint density at radius 1 is 1.20 bits per heavy atom. The molecule has 2 N–H and O–H groups in total. The Morgan fingerprint density at radius 3 is 2.74 bits per heavy atom. The van der Waals surface area contributed by atoms with Gasteiger partial charge in [-0.3, -0.25) is 9.59 Å². The molecule has 0 spiro atoms. The van der Waals surface area contributed by atoms with Crippen molar-refractivity contribution in [3.05, 3.63) is 77.1 Å². The normalized spacial score (nSPS) is 18.9. The van der Waals surface area contributed by atoms with Crippen LogP contribution in [0, 0.1) is 0 Å². The molecule has 0 fully saturated rings. The van der Waals surface area contributed by atoms with Gasteiger partial charge in [-0.15, -0.1) is 0 Å². The molecule has 3 heterocycles. The quantitative estimate of drug-likeness (QED) is 0.365. The van der Waals surface area contributed by atoms with E-state index in [2.05, 4.69) is 15.3 Å². The molecule has 1 aliphatic heterocycles. The molecule has 0 radical (unpaired) electrons. The standard InChI is InChI=1S/C26H23ClN4O4/c1-26(14-34-3)25(33)31(2)20-13-29-24-21(22(20)30-26)18(12-28-24)23(32)17-10-9-16(11-19(17)27)35-15-7-5-4-6-8-15/h4-13,30H,14H2,1-3H3,(H,28,29)/t26-/m0/s1/i3D3. The maximum absolute atomic E-state index is 13.7. The minimum absolute atomic E-state index is 0.201. The van der Waals surface area contributed by atoms with Gasteiger partial charge in [0.25, 0.3) is 5.91 Å². The van der Waals surface area contributed by atoms with E-state index in [0.717, 1.165) is 0 Å². The summed E-state index contributed by atoms with van der Waals surface area (Å²) >= 11 is 6.51. The van der Waals surface area contributed by atoms with E-state index in [1.165, 1.54) is 17.3 Å². The maximum Gasteiger partial charge on any atom is 0.254 e. The van der Waals surface area contributed by atoms with Crippen molar-refractivity contribution in [1.82, 2.24) is 9.97 Å². The predicted molar refractivity (Wildman–Crippen MR) is 135 cm³/mol. The molecule has 0 saturated carbocycles. The highest BCUT2D eigenvalue weighted by molar-refractivity contribution is 6.36. The molecule has 35 heavy (non-hydrogen) atoms. The number of methoxy groups -OCH3 is 1. The number of halogens is 1. The molecule has 1 atom stereocenters. The number of likely N-dealkylation sites (N-methyl/N-ethyl adjacent to an activating group) is 1. The van der Waals surface area contributed by atoms with Crippen molar-refractivity contribution in [2.24, 2.45) is 0 Å². The number of aromatic nitrogens is 2. The number of benzene rings is 2. The van der Waals surface area contributed by atoms with Crippen molar-refractivity contribution >= 4 is 45.7 Å². The van der Waals surface area contributed by atoms with Crippen LogP contribution in [-0.2, 0) is 9.53 Å². The van der Waals surface area contributed by atoms with E-state index in [9.17, 15) is 9.59 Å². The third-order valence-electron chi connectivity index (χ3n) is 5.99. The van der Waals surface area contributed by atoms with Gasteiger partial charge in [0.1, 0.15) is 22.7 Å². The van der Waals surface area contributed by atoms with Gasteiger partial charge < -0.3 is 24.7 Å². The summed E-state index contributed by atoms with van der Waals surface area (Å²) in [6.07, 6.45) is 3.03. The second kappa shape index (κ2) is 8.72. The van der Waals surface area contributed by atoms with Crippen LogP contribution < -0.4 is 15.0 Å². The lowest BCUT2D eigenvalue weighted by Gasteiger charge is -2.40. The fourth-order valence-corrected chi connectivity index (χ4v) is 4.47. The van der Waals surface area contributed by atoms with Crippen molar-refractivity contribution in [2.45, 2.75) is 12.5 Å². The third kappa shape index (κ3) is 3.90. The van der Waals surface area contributed by atoms with E-state index in [4.69, 9.17) is 25.2 Å². The van der Waals surface area contributed by atoms with Crippen LogP contribution in [0.2, 0.25) is 5.02 Å². The summed E-state index contributed by atoms with van der Waals surface area (Å²) in [5.74, 6) is 0.329. The Morgan fingerprint density at radius 2 is 2.00 bits per heavy atom. The molecule has 0 unspecified atom stereocenters. The number of ether oxygens (including phenoxy) is 2. The fraction of sp³-hybridized carbons (Fsp3) is 0.192. The zero-order chi connectivity index (χ0) is 27.2. The van der Waals surface area contributed by atoms with Crippen LogP contribution in [0.3, 0.4) is 0 Å². The van der Waals surface area contributed by atoms with Crippen LogP contribution in [-0.4, -0.2) is 47.9 Å². The fourth-order valence-electron chi connectivity index (χ4n) is 4.21. The predicted octanol–water partition coefficient (Wildman–Crippen LogP) is 5.03. The van der Waals surface area contributed by atoms with Gasteiger partial charge in [-0.2, -0.15) is 0 Å². The maximum atomic E-state index is 13.7. The highest BCUT2D eigenvalue weighted by atomic mass is 35.5. The summed E-state index contributed by atoms with van der Waals surface area (Å²) < 4.78 is 32.9. The van der Waals surface area contributed by atoms with Gasteiger partial charge >= 0.3 is 0 Å². The first kappa shape index (κ1) is 19.4. The van der Waals surface area contributed by atoms with Crippen LogP contribution in [0.5, 0.6) is 11.5 Å². The van der Waals surface area contributed by atoms with E-state index < -0.39 is 25.1 Å². The highest BCUT2D eigenvalue weighted by Gasteiger charge is 2.42. The summed E-state index contributed by atoms with van der Waals surface area (Å²) in [7, 11) is -1.13. The Bertz CT molecular complexity index is 1560. The number of pyridine rings is 1. The van der Waals surface area contributed by atoms with E-state index in [1.54, 1.807) is 44.3 Å². The van der Waals surface area contributed by atoms with Crippen LogP contribution in [0.15, 0.2) is 60.9 Å². The molecular weight excluding hydrogens is 468 g/mol. The Balaban J connectivity index is 1.52. The number of aromatic amines is 1. The SMILES string of the molecule is [2H]C([2H])([2H])OC[C@]1(C)Nc2c(cnc3[nH]cc(C(=O)c4ccc(Oc5ccccc5)cc4Cl)c23)N(C)C1=O. The number of anilines is 2. The van der Waals surface area contributed by atoms with E-state index in [0.29, 0.717) is 33.9 Å². The number of ketones is 1. The molecule has 9 heteroatoms. The molecule has 0 bridgehead atoms. The molecule has 8 nitrogen and oxygen atoms in total. The van der Waals surface area contributed by atoms with Crippen molar-refractivity contribution in [1.29, 1.82) is 0 Å². The minimum Gasteiger partial charge on any atom is -0.457 e. The largest absolute Gasteiger partial charge is 0.457 e. The third-order valence-corrected chi connectivity index (χ3v) is 6.30. The number of para-hydroxylation sites is 1. The number of hydrogen-bond donors (Lipinski definition) is 2. The molecule has 0 saturated heterocycles. The molecule has 1 aliphatic rings. The first-order chi connectivity index (χ1) is 18.0. The van der Waals surface area contributed by atoms with Gasteiger partial charge in [-0.05, 0) is 31.2 Å². The number of carbonyl (C=O) groups is 2. The molecule has 2 aromatic heterocycles. The molecule has 178 valence electrons. The second-order valence-corrected chi connectivity index (χ2v) is 8.85.